The van der Waals surface area contributed by atoms with Gasteiger partial charge in [0.2, 0.25) is 5.91 Å². The third-order valence-electron chi connectivity index (χ3n) is 2.67. The Bertz CT molecular complexity index is 458. The van der Waals surface area contributed by atoms with Crippen LogP contribution in [0.15, 0.2) is 18.3 Å². The van der Waals surface area contributed by atoms with Gasteiger partial charge in [-0.3, -0.25) is 14.5 Å². The predicted molar refractivity (Wildman–Crippen MR) is 73.0 cm³/mol. The van der Waals surface area contributed by atoms with Crippen LogP contribution in [0.1, 0.15) is 32.3 Å². The van der Waals surface area contributed by atoms with E-state index >= 15 is 0 Å². The summed E-state index contributed by atoms with van der Waals surface area (Å²) in [6, 6.07) is 3.65. The molecule has 0 spiro atoms. The number of aromatic nitrogens is 1. The van der Waals surface area contributed by atoms with Gasteiger partial charge >= 0.3 is 5.97 Å². The van der Waals surface area contributed by atoms with Crippen molar-refractivity contribution >= 4 is 17.7 Å². The molecule has 0 bridgehead atoms. The van der Waals surface area contributed by atoms with Crippen LogP contribution in [0.4, 0.5) is 5.82 Å². The third kappa shape index (κ3) is 4.69. The predicted octanol–water partition coefficient (Wildman–Crippen LogP) is 2.24. The first kappa shape index (κ1) is 15.1. The lowest BCUT2D eigenvalue weighted by Gasteiger charge is -2.23. The van der Waals surface area contributed by atoms with Crippen molar-refractivity contribution < 1.29 is 14.7 Å². The first-order valence-corrected chi connectivity index (χ1v) is 6.35. The molecular weight excluding hydrogens is 244 g/mol. The van der Waals surface area contributed by atoms with Gasteiger partial charge in [0.15, 0.2) is 0 Å². The van der Waals surface area contributed by atoms with Crippen LogP contribution in [-0.4, -0.2) is 28.5 Å². The summed E-state index contributed by atoms with van der Waals surface area (Å²) < 4.78 is 0. The van der Waals surface area contributed by atoms with E-state index in [1.807, 2.05) is 26.8 Å². The van der Waals surface area contributed by atoms with Gasteiger partial charge in [-0.2, -0.15) is 0 Å². The minimum atomic E-state index is -0.920. The molecule has 1 aromatic rings. The number of carbonyl (C=O) groups excluding carboxylic acids is 1. The minimum Gasteiger partial charge on any atom is -0.481 e. The lowest BCUT2D eigenvalue weighted by atomic mass is 10.1. The maximum atomic E-state index is 12.2. The highest BCUT2D eigenvalue weighted by Crippen LogP contribution is 2.18. The molecule has 1 aromatic heterocycles. The Hall–Kier alpha value is -1.91. The average molecular weight is 264 g/mol. The van der Waals surface area contributed by atoms with Crippen molar-refractivity contribution in [2.75, 3.05) is 11.4 Å². The number of amides is 1. The molecule has 0 aliphatic carbocycles. The molecule has 19 heavy (non-hydrogen) atoms. The number of aryl methyl sites for hydroxylation is 1. The summed E-state index contributed by atoms with van der Waals surface area (Å²) in [6.45, 7) is 5.93. The number of carboxylic acid groups (broad SMARTS) is 1. The number of carboxylic acids is 1. The van der Waals surface area contributed by atoms with Crippen molar-refractivity contribution in [1.82, 2.24) is 4.98 Å². The maximum Gasteiger partial charge on any atom is 0.305 e. The van der Waals surface area contributed by atoms with Gasteiger partial charge in [0.25, 0.3) is 0 Å². The number of hydrogen-bond acceptors (Lipinski definition) is 3. The van der Waals surface area contributed by atoms with E-state index in [1.54, 1.807) is 12.3 Å². The normalized spacial score (nSPS) is 10.5. The molecule has 0 atom stereocenters. The van der Waals surface area contributed by atoms with Crippen molar-refractivity contribution in [3.8, 4) is 0 Å². The summed E-state index contributed by atoms with van der Waals surface area (Å²) in [5.41, 5.74) is 0.866. The van der Waals surface area contributed by atoms with Gasteiger partial charge in [-0.15, -0.1) is 0 Å². The van der Waals surface area contributed by atoms with Gasteiger partial charge < -0.3 is 5.11 Å². The maximum absolute atomic E-state index is 12.2. The SMILES string of the molecule is Cc1cccnc1N(CCC(=O)O)C(=O)CC(C)C. The van der Waals surface area contributed by atoms with Crippen LogP contribution < -0.4 is 4.90 Å². The fourth-order valence-electron chi connectivity index (χ4n) is 1.78. The quantitative estimate of drug-likeness (QED) is 0.855. The second-order valence-corrected chi connectivity index (χ2v) is 4.93. The van der Waals surface area contributed by atoms with Crippen molar-refractivity contribution in [2.45, 2.75) is 33.6 Å². The molecule has 104 valence electrons. The highest BCUT2D eigenvalue weighted by atomic mass is 16.4. The van der Waals surface area contributed by atoms with E-state index in [-0.39, 0.29) is 24.8 Å². The smallest absolute Gasteiger partial charge is 0.305 e. The van der Waals surface area contributed by atoms with Gasteiger partial charge in [0, 0.05) is 19.2 Å². The van der Waals surface area contributed by atoms with Crippen molar-refractivity contribution in [3.05, 3.63) is 23.9 Å². The summed E-state index contributed by atoms with van der Waals surface area (Å²) in [5, 5.41) is 8.78. The van der Waals surface area contributed by atoms with E-state index in [0.29, 0.717) is 12.2 Å². The molecule has 1 amide bonds. The first-order valence-electron chi connectivity index (χ1n) is 6.35. The summed E-state index contributed by atoms with van der Waals surface area (Å²) in [5.74, 6) is -0.229. The van der Waals surface area contributed by atoms with Crippen LogP contribution in [-0.2, 0) is 9.59 Å². The molecule has 0 aliphatic rings. The van der Waals surface area contributed by atoms with Gasteiger partial charge in [0.05, 0.1) is 6.42 Å². The number of rotatable bonds is 6. The zero-order valence-electron chi connectivity index (χ0n) is 11.6. The third-order valence-corrected chi connectivity index (χ3v) is 2.67. The molecular formula is C14H20N2O3. The topological polar surface area (TPSA) is 70.5 Å². The molecule has 0 fully saturated rings. The Labute approximate surface area is 113 Å². The molecule has 5 nitrogen and oxygen atoms in total. The van der Waals surface area contributed by atoms with Crippen molar-refractivity contribution in [1.29, 1.82) is 0 Å². The molecule has 0 radical (unpaired) electrons. The molecule has 0 aliphatic heterocycles. The molecule has 1 rings (SSSR count). The van der Waals surface area contributed by atoms with Crippen molar-refractivity contribution in [2.24, 2.45) is 5.92 Å². The van der Waals surface area contributed by atoms with E-state index in [2.05, 4.69) is 4.98 Å². The number of aliphatic carboxylic acids is 1. The Kier molecular flexibility index (Phi) is 5.48. The van der Waals surface area contributed by atoms with Crippen LogP contribution in [0.2, 0.25) is 0 Å². The lowest BCUT2D eigenvalue weighted by molar-refractivity contribution is -0.136. The van der Waals surface area contributed by atoms with Crippen molar-refractivity contribution in [3.63, 3.8) is 0 Å². The number of hydrogen-bond donors (Lipinski definition) is 1. The number of anilines is 1. The molecule has 0 aromatic carbocycles. The van der Waals surface area contributed by atoms with Crippen LogP contribution in [0, 0.1) is 12.8 Å². The molecule has 0 saturated carbocycles. The van der Waals surface area contributed by atoms with E-state index < -0.39 is 5.97 Å². The highest BCUT2D eigenvalue weighted by molar-refractivity contribution is 5.93. The molecule has 5 heteroatoms. The largest absolute Gasteiger partial charge is 0.481 e. The van der Waals surface area contributed by atoms with Gasteiger partial charge in [-0.25, -0.2) is 4.98 Å². The summed E-state index contributed by atoms with van der Waals surface area (Å²) in [4.78, 5) is 28.6. The summed E-state index contributed by atoms with van der Waals surface area (Å²) in [6.07, 6.45) is 1.91. The average Bonchev–Trinajstić information content (AvgIpc) is 2.30. The first-order chi connectivity index (χ1) is 8.91. The van der Waals surface area contributed by atoms with Gasteiger partial charge in [-0.1, -0.05) is 19.9 Å². The van der Waals surface area contributed by atoms with Crippen LogP contribution in [0.3, 0.4) is 0 Å². The highest BCUT2D eigenvalue weighted by Gasteiger charge is 2.20. The number of pyridine rings is 1. The van der Waals surface area contributed by atoms with E-state index in [9.17, 15) is 9.59 Å². The Morgan fingerprint density at radius 2 is 2.11 bits per heavy atom. The van der Waals surface area contributed by atoms with Crippen LogP contribution in [0.5, 0.6) is 0 Å². The fourth-order valence-corrected chi connectivity index (χ4v) is 1.78. The molecule has 1 N–H and O–H groups in total. The molecule has 0 saturated heterocycles. The second-order valence-electron chi connectivity index (χ2n) is 4.93. The van der Waals surface area contributed by atoms with E-state index in [1.165, 1.54) is 4.90 Å². The van der Waals surface area contributed by atoms with E-state index in [4.69, 9.17) is 5.11 Å². The Balaban J connectivity index is 2.95. The van der Waals surface area contributed by atoms with Gasteiger partial charge in [0.1, 0.15) is 5.82 Å². The van der Waals surface area contributed by atoms with Crippen LogP contribution >= 0.6 is 0 Å². The monoisotopic (exact) mass is 264 g/mol. The molecule has 1 heterocycles. The van der Waals surface area contributed by atoms with Gasteiger partial charge in [-0.05, 0) is 24.5 Å². The number of nitrogens with zero attached hydrogens (tertiary/aromatic N) is 2. The standard InChI is InChI=1S/C14H20N2O3/c1-10(2)9-12(17)16(8-6-13(18)19)14-11(3)5-4-7-15-14/h4-5,7,10H,6,8-9H2,1-3H3,(H,18,19). The van der Waals surface area contributed by atoms with E-state index in [0.717, 1.165) is 5.56 Å². The second kappa shape index (κ2) is 6.87. The molecule has 0 unspecified atom stereocenters. The zero-order valence-corrected chi connectivity index (χ0v) is 11.6. The summed E-state index contributed by atoms with van der Waals surface area (Å²) >= 11 is 0. The number of carbonyl (C=O) groups is 2. The zero-order chi connectivity index (χ0) is 14.4. The fraction of sp³-hybridized carbons (Fsp3) is 0.500. The Morgan fingerprint density at radius 3 is 2.63 bits per heavy atom. The summed E-state index contributed by atoms with van der Waals surface area (Å²) in [7, 11) is 0. The minimum absolute atomic E-state index is 0.0835. The van der Waals surface area contributed by atoms with Crippen LogP contribution in [0.25, 0.3) is 0 Å². The lowest BCUT2D eigenvalue weighted by Crippen LogP contribution is -2.34. The Morgan fingerprint density at radius 1 is 1.42 bits per heavy atom.